The molecule has 1 aromatic carbocycles. The van der Waals surface area contributed by atoms with Gasteiger partial charge in [-0.15, -0.1) is 0 Å². The molecule has 10 heteroatoms. The minimum atomic E-state index is -1.81. The lowest BCUT2D eigenvalue weighted by atomic mass is 9.94. The van der Waals surface area contributed by atoms with Gasteiger partial charge in [0.05, 0.1) is 6.61 Å². The van der Waals surface area contributed by atoms with E-state index >= 15 is 0 Å². The van der Waals surface area contributed by atoms with Crippen LogP contribution in [-0.4, -0.2) is 33.7 Å². The molecule has 132 valence electrons. The molecule has 0 fully saturated rings. The second-order valence-electron chi connectivity index (χ2n) is 4.77. The summed E-state index contributed by atoms with van der Waals surface area (Å²) in [5.41, 5.74) is 0.929. The molecule has 1 heterocycles. The second kappa shape index (κ2) is 6.59. The van der Waals surface area contributed by atoms with Gasteiger partial charge in [-0.1, -0.05) is 0 Å². The first-order chi connectivity index (χ1) is 11.7. The zero-order valence-electron chi connectivity index (χ0n) is 12.7. The Kier molecular flexibility index (Phi) is 4.72. The number of aromatic carboxylic acids is 2. The summed E-state index contributed by atoms with van der Waals surface area (Å²) in [5.74, 6) is -7.43. The maximum atomic E-state index is 14.7. The highest BCUT2D eigenvalue weighted by Gasteiger charge is 2.29. The van der Waals surface area contributed by atoms with Gasteiger partial charge in [0.25, 0.3) is 5.56 Å². The third-order valence-corrected chi connectivity index (χ3v) is 3.28. The number of nitrogens with two attached hydrogens (primary N) is 1. The van der Waals surface area contributed by atoms with E-state index in [1.807, 2.05) is 4.98 Å². The predicted molar refractivity (Wildman–Crippen MR) is 81.9 cm³/mol. The molecule has 2 rings (SSSR count). The van der Waals surface area contributed by atoms with Gasteiger partial charge in [0, 0.05) is 11.1 Å². The van der Waals surface area contributed by atoms with Crippen LogP contribution < -0.4 is 16.0 Å². The standard InChI is InChI=1S/C15H12F2N2O6/c1-2-25-11-6(16)4-3-5(10(11)17)7-8(14(21)22)12(18)19-13(20)9(7)15(23)24/h3-4H,2H2,1H3,(H,21,22)(H,23,24)(H3,18,19,20). The number of anilines is 1. The largest absolute Gasteiger partial charge is 0.488 e. The highest BCUT2D eigenvalue weighted by atomic mass is 19.1. The Balaban J connectivity index is 3.01. The molecule has 0 bridgehead atoms. The predicted octanol–water partition coefficient (Wildman–Crippen LogP) is 1.70. The van der Waals surface area contributed by atoms with Crippen molar-refractivity contribution in [2.75, 3.05) is 12.3 Å². The lowest BCUT2D eigenvalue weighted by molar-refractivity contribution is 0.0695. The van der Waals surface area contributed by atoms with Crippen LogP contribution in [0.5, 0.6) is 5.75 Å². The van der Waals surface area contributed by atoms with E-state index in [1.54, 1.807) is 0 Å². The first kappa shape index (κ1) is 17.9. The highest BCUT2D eigenvalue weighted by Crippen LogP contribution is 2.36. The number of nitrogens with one attached hydrogen (secondary N) is 1. The molecule has 0 aliphatic rings. The molecule has 5 N–H and O–H groups in total. The number of hydrogen-bond donors (Lipinski definition) is 4. The van der Waals surface area contributed by atoms with Crippen molar-refractivity contribution >= 4 is 17.8 Å². The lowest BCUT2D eigenvalue weighted by Crippen LogP contribution is -2.24. The minimum Gasteiger partial charge on any atom is -0.488 e. The third kappa shape index (κ3) is 3.01. The first-order valence-electron chi connectivity index (χ1n) is 6.84. The zero-order valence-corrected chi connectivity index (χ0v) is 12.7. The fraction of sp³-hybridized carbons (Fsp3) is 0.133. The summed E-state index contributed by atoms with van der Waals surface area (Å²) in [4.78, 5) is 36.7. The van der Waals surface area contributed by atoms with Gasteiger partial charge in [-0.3, -0.25) is 4.79 Å². The Labute approximate surface area is 138 Å². The van der Waals surface area contributed by atoms with Crippen LogP contribution in [0.2, 0.25) is 0 Å². The molecular weight excluding hydrogens is 342 g/mol. The molecular formula is C15H12F2N2O6. The quantitative estimate of drug-likeness (QED) is 0.640. The molecule has 0 radical (unpaired) electrons. The van der Waals surface area contributed by atoms with Gasteiger partial charge < -0.3 is 25.7 Å². The molecule has 0 saturated heterocycles. The van der Waals surface area contributed by atoms with Gasteiger partial charge in [-0.25, -0.2) is 18.4 Å². The van der Waals surface area contributed by atoms with Crippen molar-refractivity contribution in [2.45, 2.75) is 6.92 Å². The van der Waals surface area contributed by atoms with E-state index in [0.717, 1.165) is 12.1 Å². The van der Waals surface area contributed by atoms with E-state index in [-0.39, 0.29) is 6.61 Å². The molecule has 0 aliphatic heterocycles. The maximum absolute atomic E-state index is 14.7. The van der Waals surface area contributed by atoms with Crippen molar-refractivity contribution in [2.24, 2.45) is 0 Å². The number of hydrogen-bond acceptors (Lipinski definition) is 5. The Morgan fingerprint density at radius 3 is 2.32 bits per heavy atom. The van der Waals surface area contributed by atoms with Crippen LogP contribution in [0.1, 0.15) is 27.6 Å². The first-order valence-corrected chi connectivity index (χ1v) is 6.84. The van der Waals surface area contributed by atoms with E-state index in [1.165, 1.54) is 6.92 Å². The van der Waals surface area contributed by atoms with Crippen molar-refractivity contribution in [3.8, 4) is 16.9 Å². The zero-order chi connectivity index (χ0) is 18.9. The van der Waals surface area contributed by atoms with Gasteiger partial charge in [-0.05, 0) is 19.1 Å². The monoisotopic (exact) mass is 354 g/mol. The van der Waals surface area contributed by atoms with Crippen LogP contribution in [0.4, 0.5) is 14.6 Å². The number of nitrogen functional groups attached to an aromatic ring is 1. The van der Waals surface area contributed by atoms with Crippen LogP contribution in [-0.2, 0) is 0 Å². The topological polar surface area (TPSA) is 143 Å². The summed E-state index contributed by atoms with van der Waals surface area (Å²) in [6.45, 7) is 1.36. The number of aromatic nitrogens is 1. The average Bonchev–Trinajstić information content (AvgIpc) is 2.49. The Hall–Kier alpha value is -3.43. The van der Waals surface area contributed by atoms with Crippen LogP contribution >= 0.6 is 0 Å². The summed E-state index contributed by atoms with van der Waals surface area (Å²) in [6, 6.07) is 1.57. The van der Waals surface area contributed by atoms with Gasteiger partial charge >= 0.3 is 11.9 Å². The van der Waals surface area contributed by atoms with Crippen molar-refractivity contribution in [1.29, 1.82) is 0 Å². The molecule has 8 nitrogen and oxygen atoms in total. The maximum Gasteiger partial charge on any atom is 0.342 e. The van der Waals surface area contributed by atoms with Crippen molar-refractivity contribution < 1.29 is 33.3 Å². The van der Waals surface area contributed by atoms with Gasteiger partial charge in [-0.2, -0.15) is 0 Å². The molecule has 1 aromatic heterocycles. The van der Waals surface area contributed by atoms with Crippen molar-refractivity contribution in [3.63, 3.8) is 0 Å². The van der Waals surface area contributed by atoms with Crippen LogP contribution in [0.15, 0.2) is 16.9 Å². The summed E-state index contributed by atoms with van der Waals surface area (Å²) in [5, 5.41) is 18.5. The van der Waals surface area contributed by atoms with E-state index in [0.29, 0.717) is 0 Å². The summed E-state index contributed by atoms with van der Waals surface area (Å²) < 4.78 is 33.2. The normalized spacial score (nSPS) is 10.5. The van der Waals surface area contributed by atoms with Gasteiger partial charge in [0.15, 0.2) is 17.4 Å². The number of carboxylic acid groups (broad SMARTS) is 2. The van der Waals surface area contributed by atoms with Crippen LogP contribution in [0, 0.1) is 11.6 Å². The number of carboxylic acids is 2. The molecule has 0 spiro atoms. The minimum absolute atomic E-state index is 0.105. The molecule has 2 aromatic rings. The molecule has 0 amide bonds. The Bertz CT molecular complexity index is 939. The van der Waals surface area contributed by atoms with Crippen molar-refractivity contribution in [1.82, 2.24) is 4.98 Å². The van der Waals surface area contributed by atoms with Crippen molar-refractivity contribution in [3.05, 3.63) is 45.2 Å². The molecule has 0 saturated carbocycles. The molecule has 0 atom stereocenters. The second-order valence-corrected chi connectivity index (χ2v) is 4.77. The summed E-state index contributed by atoms with van der Waals surface area (Å²) in [7, 11) is 0. The average molecular weight is 354 g/mol. The van der Waals surface area contributed by atoms with E-state index in [2.05, 4.69) is 0 Å². The summed E-state index contributed by atoms with van der Waals surface area (Å²) >= 11 is 0. The fourth-order valence-electron chi connectivity index (χ4n) is 2.32. The SMILES string of the molecule is CCOc1c(F)ccc(-c2c(C(=O)O)c(N)[nH]c(=O)c2C(=O)O)c1F. The number of carbonyl (C=O) groups is 2. The smallest absolute Gasteiger partial charge is 0.342 e. The number of benzene rings is 1. The van der Waals surface area contributed by atoms with E-state index < -0.39 is 63.0 Å². The third-order valence-electron chi connectivity index (χ3n) is 3.28. The van der Waals surface area contributed by atoms with Gasteiger partial charge in [0.2, 0.25) is 0 Å². The molecule has 25 heavy (non-hydrogen) atoms. The number of rotatable bonds is 5. The van der Waals surface area contributed by atoms with E-state index in [4.69, 9.17) is 10.5 Å². The summed E-state index contributed by atoms with van der Waals surface area (Å²) in [6.07, 6.45) is 0. The number of halogens is 2. The fourth-order valence-corrected chi connectivity index (χ4v) is 2.32. The van der Waals surface area contributed by atoms with Gasteiger partial charge in [0.1, 0.15) is 16.9 Å². The van der Waals surface area contributed by atoms with Crippen LogP contribution in [0.3, 0.4) is 0 Å². The Morgan fingerprint density at radius 2 is 1.80 bits per heavy atom. The number of pyridine rings is 1. The number of aromatic amines is 1. The van der Waals surface area contributed by atoms with Crippen LogP contribution in [0.25, 0.3) is 11.1 Å². The molecule has 0 aliphatic carbocycles. The Morgan fingerprint density at radius 1 is 1.20 bits per heavy atom. The number of ether oxygens (including phenoxy) is 1. The number of H-pyrrole nitrogens is 1. The highest BCUT2D eigenvalue weighted by molar-refractivity contribution is 6.07. The lowest BCUT2D eigenvalue weighted by Gasteiger charge is -2.15. The van der Waals surface area contributed by atoms with E-state index in [9.17, 15) is 33.4 Å². The molecule has 0 unspecified atom stereocenters.